The number of pyridine rings is 2. The fourth-order valence-corrected chi connectivity index (χ4v) is 6.57. The topological polar surface area (TPSA) is 167 Å². The van der Waals surface area contributed by atoms with E-state index in [4.69, 9.17) is 9.15 Å². The standard InChI is InChI=1S/C32H31FN6O7S/c1-38-28-19-34-14-13-25(28)31(41)39(38)22-11-9-20(35-18-22)17-27(32(42)46-23-6-3-2-4-7-23)36-30(40)24-12-10-21(16-26(24)33)37-47(43,44)29-8-5-15-45-29/h5,8-16,18-19,23,27,37H,2-4,6-7,17H2,1H3,(H,36,40)/t27-/m0/s1. The lowest BCUT2D eigenvalue weighted by atomic mass is 9.97. The van der Waals surface area contributed by atoms with Crippen molar-refractivity contribution in [2.75, 3.05) is 4.72 Å². The number of anilines is 1. The molecule has 1 amide bonds. The van der Waals surface area contributed by atoms with Crippen LogP contribution >= 0.6 is 0 Å². The van der Waals surface area contributed by atoms with Gasteiger partial charge in [-0.1, -0.05) is 6.42 Å². The fraction of sp³-hybridized carbons (Fsp3) is 0.281. The molecule has 4 aromatic heterocycles. The van der Waals surface area contributed by atoms with Crippen LogP contribution in [0.2, 0.25) is 0 Å². The third-order valence-corrected chi connectivity index (χ3v) is 9.26. The Hall–Kier alpha value is -5.31. The molecule has 0 aliphatic heterocycles. The van der Waals surface area contributed by atoms with Crippen molar-refractivity contribution >= 4 is 38.5 Å². The summed E-state index contributed by atoms with van der Waals surface area (Å²) in [4.78, 5) is 48.2. The van der Waals surface area contributed by atoms with E-state index in [1.807, 2.05) is 0 Å². The van der Waals surface area contributed by atoms with Crippen LogP contribution in [0.5, 0.6) is 0 Å². The van der Waals surface area contributed by atoms with Crippen LogP contribution in [0.25, 0.3) is 16.6 Å². The Balaban J connectivity index is 1.21. The van der Waals surface area contributed by atoms with Gasteiger partial charge in [0, 0.05) is 25.4 Å². The van der Waals surface area contributed by atoms with Crippen molar-refractivity contribution in [2.24, 2.45) is 7.05 Å². The molecule has 1 aliphatic rings. The number of benzene rings is 1. The van der Waals surface area contributed by atoms with Gasteiger partial charge in [-0.3, -0.25) is 29.0 Å². The van der Waals surface area contributed by atoms with Gasteiger partial charge < -0.3 is 14.5 Å². The second-order valence-electron chi connectivity index (χ2n) is 11.2. The number of esters is 1. The van der Waals surface area contributed by atoms with Gasteiger partial charge in [-0.05, 0) is 74.2 Å². The summed E-state index contributed by atoms with van der Waals surface area (Å²) >= 11 is 0. The van der Waals surface area contributed by atoms with Crippen molar-refractivity contribution in [3.05, 3.63) is 101 Å². The predicted octanol–water partition coefficient (Wildman–Crippen LogP) is 3.87. The lowest BCUT2D eigenvalue weighted by Crippen LogP contribution is -2.45. The molecule has 6 rings (SSSR count). The smallest absolute Gasteiger partial charge is 0.329 e. The van der Waals surface area contributed by atoms with Crippen LogP contribution in [0, 0.1) is 5.82 Å². The van der Waals surface area contributed by atoms with E-state index in [1.165, 1.54) is 35.3 Å². The summed E-state index contributed by atoms with van der Waals surface area (Å²) in [5.74, 6) is -2.60. The molecule has 13 nitrogen and oxygen atoms in total. The first-order valence-corrected chi connectivity index (χ1v) is 16.4. The van der Waals surface area contributed by atoms with Gasteiger partial charge >= 0.3 is 5.97 Å². The molecule has 1 atom stereocenters. The van der Waals surface area contributed by atoms with E-state index >= 15 is 4.39 Å². The summed E-state index contributed by atoms with van der Waals surface area (Å²) in [6, 6.07) is 9.54. The lowest BCUT2D eigenvalue weighted by Gasteiger charge is -2.25. The molecule has 244 valence electrons. The van der Waals surface area contributed by atoms with Crippen LogP contribution in [0.4, 0.5) is 10.1 Å². The third-order valence-electron chi connectivity index (χ3n) is 7.99. The molecule has 1 aromatic carbocycles. The van der Waals surface area contributed by atoms with Crippen molar-refractivity contribution in [1.29, 1.82) is 0 Å². The molecule has 5 aromatic rings. The van der Waals surface area contributed by atoms with Gasteiger partial charge in [0.2, 0.25) is 5.09 Å². The molecule has 2 N–H and O–H groups in total. The van der Waals surface area contributed by atoms with Gasteiger partial charge in [0.05, 0.1) is 46.5 Å². The maximum atomic E-state index is 15.1. The number of amides is 1. The average Bonchev–Trinajstić information content (AvgIpc) is 3.70. The van der Waals surface area contributed by atoms with Gasteiger partial charge in [-0.2, -0.15) is 8.42 Å². The monoisotopic (exact) mass is 662 g/mol. The molecule has 15 heteroatoms. The second kappa shape index (κ2) is 13.2. The van der Waals surface area contributed by atoms with Gasteiger partial charge in [0.1, 0.15) is 18.0 Å². The van der Waals surface area contributed by atoms with Gasteiger partial charge in [0.25, 0.3) is 21.5 Å². The SMILES string of the molecule is Cn1c2cnccc2c(=O)n1-c1ccc(C[C@H](NC(=O)c2ccc(NS(=O)(=O)c3ccco3)cc2F)C(=O)OC2CCCCC2)nc1. The van der Waals surface area contributed by atoms with Gasteiger partial charge in [0.15, 0.2) is 0 Å². The van der Waals surface area contributed by atoms with E-state index in [0.29, 0.717) is 35.1 Å². The first kappa shape index (κ1) is 31.7. The van der Waals surface area contributed by atoms with E-state index in [0.717, 1.165) is 31.4 Å². The van der Waals surface area contributed by atoms with Crippen LogP contribution in [-0.2, 0) is 33.0 Å². The van der Waals surface area contributed by atoms with E-state index in [-0.39, 0.29) is 28.9 Å². The van der Waals surface area contributed by atoms with Crippen molar-refractivity contribution in [2.45, 2.75) is 55.8 Å². The van der Waals surface area contributed by atoms with Crippen LogP contribution in [0.1, 0.15) is 48.2 Å². The van der Waals surface area contributed by atoms with Crippen molar-refractivity contribution in [3.63, 3.8) is 0 Å². The zero-order valence-corrected chi connectivity index (χ0v) is 26.1. The minimum atomic E-state index is -4.11. The highest BCUT2D eigenvalue weighted by atomic mass is 32.2. The minimum absolute atomic E-state index is 0.0752. The second-order valence-corrected chi connectivity index (χ2v) is 12.8. The Kier molecular flexibility index (Phi) is 8.89. The Bertz CT molecular complexity index is 2090. The Morgan fingerprint density at radius 2 is 1.91 bits per heavy atom. The van der Waals surface area contributed by atoms with Crippen LogP contribution in [0.3, 0.4) is 0 Å². The van der Waals surface area contributed by atoms with Crippen LogP contribution in [0.15, 0.2) is 87.7 Å². The summed E-state index contributed by atoms with van der Waals surface area (Å²) in [7, 11) is -2.38. The lowest BCUT2D eigenvalue weighted by molar-refractivity contribution is -0.152. The van der Waals surface area contributed by atoms with Crippen LogP contribution < -0.4 is 15.6 Å². The van der Waals surface area contributed by atoms with Crippen LogP contribution in [-0.4, -0.2) is 51.8 Å². The highest BCUT2D eigenvalue weighted by molar-refractivity contribution is 7.92. The average molecular weight is 663 g/mol. The quantitative estimate of drug-likeness (QED) is 0.211. The molecular formula is C32H31FN6O7S. The number of nitrogens with one attached hydrogen (secondary N) is 2. The number of aromatic nitrogens is 4. The summed E-state index contributed by atoms with van der Waals surface area (Å²) in [5, 5.41) is 2.71. The fourth-order valence-electron chi connectivity index (χ4n) is 5.59. The molecule has 0 saturated heterocycles. The van der Waals surface area contributed by atoms with E-state index in [9.17, 15) is 22.8 Å². The zero-order chi connectivity index (χ0) is 33.1. The minimum Gasteiger partial charge on any atom is -0.461 e. The number of carbonyl (C=O) groups is 2. The summed E-state index contributed by atoms with van der Waals surface area (Å²) in [6.07, 6.45) is 9.74. The molecular weight excluding hydrogens is 631 g/mol. The summed E-state index contributed by atoms with van der Waals surface area (Å²) in [6.45, 7) is 0. The molecule has 1 fully saturated rings. The first-order valence-electron chi connectivity index (χ1n) is 14.9. The maximum absolute atomic E-state index is 15.1. The number of sulfonamides is 1. The van der Waals surface area contributed by atoms with Crippen molar-refractivity contribution in [3.8, 4) is 5.69 Å². The number of nitrogens with zero attached hydrogens (tertiary/aromatic N) is 4. The highest BCUT2D eigenvalue weighted by Crippen LogP contribution is 2.23. The molecule has 0 spiro atoms. The summed E-state index contributed by atoms with van der Waals surface area (Å²) in [5.41, 5.74) is 0.750. The molecule has 47 heavy (non-hydrogen) atoms. The molecule has 0 bridgehead atoms. The molecule has 0 radical (unpaired) electrons. The number of furan rings is 1. The zero-order valence-electron chi connectivity index (χ0n) is 25.3. The van der Waals surface area contributed by atoms with Crippen molar-refractivity contribution < 1.29 is 31.6 Å². The Labute approximate surface area is 268 Å². The normalized spacial score (nSPS) is 14.5. The van der Waals surface area contributed by atoms with Gasteiger partial charge in [-0.25, -0.2) is 13.9 Å². The number of ether oxygens (including phenoxy) is 1. The third kappa shape index (κ3) is 6.79. The number of carbonyl (C=O) groups excluding carboxylic acids is 2. The van der Waals surface area contributed by atoms with Crippen molar-refractivity contribution in [1.82, 2.24) is 24.6 Å². The number of fused-ring (bicyclic) bond motifs is 1. The maximum Gasteiger partial charge on any atom is 0.329 e. The summed E-state index contributed by atoms with van der Waals surface area (Å²) < 4.78 is 56.0. The van der Waals surface area contributed by atoms with Gasteiger partial charge in [-0.15, -0.1) is 0 Å². The highest BCUT2D eigenvalue weighted by Gasteiger charge is 2.29. The van der Waals surface area contributed by atoms with E-state index in [2.05, 4.69) is 20.0 Å². The largest absolute Gasteiger partial charge is 0.461 e. The first-order chi connectivity index (χ1) is 22.6. The molecule has 4 heterocycles. The number of hydrogen-bond acceptors (Lipinski definition) is 9. The predicted molar refractivity (Wildman–Crippen MR) is 168 cm³/mol. The Morgan fingerprint density at radius 3 is 2.60 bits per heavy atom. The number of aryl methyl sites for hydroxylation is 1. The molecule has 1 aliphatic carbocycles. The molecule has 0 unspecified atom stereocenters. The Morgan fingerprint density at radius 1 is 1.11 bits per heavy atom. The number of rotatable bonds is 10. The van der Waals surface area contributed by atoms with E-state index in [1.54, 1.807) is 42.3 Å². The number of hydrogen-bond donors (Lipinski definition) is 2. The van der Waals surface area contributed by atoms with E-state index < -0.39 is 39.3 Å². The number of halogens is 1. The molecule has 1 saturated carbocycles.